The maximum Gasteiger partial charge on any atom is 0.339 e. The minimum atomic E-state index is -1.24. The molecular formula is C14H10BrFO3. The third-order valence-electron chi connectivity index (χ3n) is 2.50. The number of carboxylic acids is 1. The summed E-state index contributed by atoms with van der Waals surface area (Å²) in [4.78, 5) is 11.0. The highest BCUT2D eigenvalue weighted by molar-refractivity contribution is 9.10. The highest BCUT2D eigenvalue weighted by Crippen LogP contribution is 2.33. The number of hydrogen-bond donors (Lipinski definition) is 1. The van der Waals surface area contributed by atoms with E-state index in [0.29, 0.717) is 10.2 Å². The van der Waals surface area contributed by atoms with Crippen molar-refractivity contribution in [1.82, 2.24) is 0 Å². The van der Waals surface area contributed by atoms with Crippen LogP contribution in [0.5, 0.6) is 11.5 Å². The Morgan fingerprint density at radius 3 is 2.68 bits per heavy atom. The molecule has 0 unspecified atom stereocenters. The van der Waals surface area contributed by atoms with E-state index in [9.17, 15) is 9.18 Å². The molecule has 5 heteroatoms. The number of para-hydroxylation sites is 1. The molecule has 19 heavy (non-hydrogen) atoms. The average molecular weight is 325 g/mol. The normalized spacial score (nSPS) is 10.3. The van der Waals surface area contributed by atoms with Crippen LogP contribution in [0.15, 0.2) is 40.9 Å². The lowest BCUT2D eigenvalue weighted by Crippen LogP contribution is -2.02. The zero-order chi connectivity index (χ0) is 14.0. The van der Waals surface area contributed by atoms with Gasteiger partial charge in [0.1, 0.15) is 11.3 Å². The molecule has 0 heterocycles. The third kappa shape index (κ3) is 2.93. The number of aryl methyl sites for hydroxylation is 1. The molecule has 3 nitrogen and oxygen atoms in total. The van der Waals surface area contributed by atoms with Gasteiger partial charge in [-0.05, 0) is 52.7 Å². The van der Waals surface area contributed by atoms with Gasteiger partial charge in [0, 0.05) is 0 Å². The molecule has 0 bridgehead atoms. The van der Waals surface area contributed by atoms with E-state index in [1.54, 1.807) is 18.2 Å². The minimum absolute atomic E-state index is 0.215. The Labute approximate surface area is 117 Å². The Morgan fingerprint density at radius 2 is 2.05 bits per heavy atom. The summed E-state index contributed by atoms with van der Waals surface area (Å²) in [6, 6.07) is 9.03. The molecule has 0 spiro atoms. The number of benzene rings is 2. The lowest BCUT2D eigenvalue weighted by Gasteiger charge is -2.11. The van der Waals surface area contributed by atoms with Gasteiger partial charge in [0.25, 0.3) is 0 Å². The van der Waals surface area contributed by atoms with Gasteiger partial charge < -0.3 is 9.84 Å². The fraction of sp³-hybridized carbons (Fsp3) is 0.0714. The topological polar surface area (TPSA) is 46.5 Å². The van der Waals surface area contributed by atoms with Gasteiger partial charge in [-0.25, -0.2) is 9.18 Å². The second-order valence-electron chi connectivity index (χ2n) is 3.96. The van der Waals surface area contributed by atoms with Crippen molar-refractivity contribution >= 4 is 21.9 Å². The first-order valence-electron chi connectivity index (χ1n) is 5.45. The maximum atomic E-state index is 13.7. The van der Waals surface area contributed by atoms with Gasteiger partial charge in [-0.2, -0.15) is 0 Å². The first-order chi connectivity index (χ1) is 8.99. The Balaban J connectivity index is 2.46. The number of halogens is 2. The summed E-state index contributed by atoms with van der Waals surface area (Å²) in [7, 11) is 0. The first kappa shape index (κ1) is 13.5. The maximum absolute atomic E-state index is 13.7. The summed E-state index contributed by atoms with van der Waals surface area (Å²) in [5, 5.41) is 9.02. The fourth-order valence-electron chi connectivity index (χ4n) is 1.58. The molecule has 1 N–H and O–H groups in total. The number of carboxylic acid groups (broad SMARTS) is 1. The molecule has 0 aliphatic carbocycles. The van der Waals surface area contributed by atoms with Gasteiger partial charge in [0.2, 0.25) is 0 Å². The Kier molecular flexibility index (Phi) is 3.85. The summed E-state index contributed by atoms with van der Waals surface area (Å²) in [5.41, 5.74) is 0.790. The van der Waals surface area contributed by atoms with Crippen LogP contribution in [-0.2, 0) is 0 Å². The number of hydrogen-bond acceptors (Lipinski definition) is 2. The smallest absolute Gasteiger partial charge is 0.339 e. The highest BCUT2D eigenvalue weighted by atomic mass is 79.9. The molecule has 0 saturated carbocycles. The molecule has 0 aromatic heterocycles. The quantitative estimate of drug-likeness (QED) is 0.910. The van der Waals surface area contributed by atoms with Gasteiger partial charge in [0.15, 0.2) is 11.6 Å². The van der Waals surface area contributed by atoms with Gasteiger partial charge in [0.05, 0.1) is 4.47 Å². The van der Waals surface area contributed by atoms with Crippen molar-refractivity contribution in [2.45, 2.75) is 6.92 Å². The average Bonchev–Trinajstić information content (AvgIpc) is 2.34. The van der Waals surface area contributed by atoms with E-state index in [-0.39, 0.29) is 11.3 Å². The van der Waals surface area contributed by atoms with E-state index >= 15 is 0 Å². The molecule has 2 aromatic carbocycles. The fourth-order valence-corrected chi connectivity index (χ4v) is 2.15. The predicted molar refractivity (Wildman–Crippen MR) is 72.3 cm³/mol. The van der Waals surface area contributed by atoms with Crippen LogP contribution in [0.2, 0.25) is 0 Å². The van der Waals surface area contributed by atoms with Gasteiger partial charge in [-0.3, -0.25) is 0 Å². The molecule has 2 aromatic rings. The summed E-state index contributed by atoms with van der Waals surface area (Å²) < 4.78 is 19.7. The summed E-state index contributed by atoms with van der Waals surface area (Å²) in [6.45, 7) is 1.90. The van der Waals surface area contributed by atoms with E-state index in [1.165, 1.54) is 12.1 Å². The summed E-state index contributed by atoms with van der Waals surface area (Å²) >= 11 is 3.30. The van der Waals surface area contributed by atoms with Crippen LogP contribution in [0.1, 0.15) is 15.9 Å². The van der Waals surface area contributed by atoms with Crippen LogP contribution in [-0.4, -0.2) is 11.1 Å². The minimum Gasteiger partial charge on any atom is -0.478 e. The molecule has 0 amide bonds. The van der Waals surface area contributed by atoms with Crippen molar-refractivity contribution in [2.75, 3.05) is 0 Å². The molecule has 0 aliphatic rings. The van der Waals surface area contributed by atoms with E-state index in [1.807, 2.05) is 6.92 Å². The molecule has 0 fully saturated rings. The highest BCUT2D eigenvalue weighted by Gasteiger charge is 2.17. The standard InChI is InChI=1S/C14H10BrFO3/c1-8-5-6-12(10(15)7-8)19-13-9(14(17)18)3-2-4-11(13)16/h2-7H,1H3,(H,17,18). The summed E-state index contributed by atoms with van der Waals surface area (Å²) in [6.07, 6.45) is 0. The second kappa shape index (κ2) is 5.40. The Hall–Kier alpha value is -1.88. The van der Waals surface area contributed by atoms with Crippen molar-refractivity contribution in [2.24, 2.45) is 0 Å². The lowest BCUT2D eigenvalue weighted by molar-refractivity contribution is 0.0693. The predicted octanol–water partition coefficient (Wildman–Crippen LogP) is 4.39. The van der Waals surface area contributed by atoms with Crippen LogP contribution in [0.25, 0.3) is 0 Å². The van der Waals surface area contributed by atoms with E-state index in [0.717, 1.165) is 11.6 Å². The molecule has 2 rings (SSSR count). The van der Waals surface area contributed by atoms with Crippen LogP contribution in [0.4, 0.5) is 4.39 Å². The molecule has 0 atom stereocenters. The zero-order valence-electron chi connectivity index (χ0n) is 9.98. The van der Waals surface area contributed by atoms with Crippen molar-refractivity contribution in [1.29, 1.82) is 0 Å². The van der Waals surface area contributed by atoms with Crippen LogP contribution >= 0.6 is 15.9 Å². The van der Waals surface area contributed by atoms with E-state index in [2.05, 4.69) is 15.9 Å². The van der Waals surface area contributed by atoms with Crippen LogP contribution in [0.3, 0.4) is 0 Å². The Morgan fingerprint density at radius 1 is 1.32 bits per heavy atom. The van der Waals surface area contributed by atoms with Gasteiger partial charge in [-0.15, -0.1) is 0 Å². The second-order valence-corrected chi connectivity index (χ2v) is 4.81. The van der Waals surface area contributed by atoms with Crippen molar-refractivity contribution in [3.63, 3.8) is 0 Å². The van der Waals surface area contributed by atoms with Crippen LogP contribution in [0, 0.1) is 12.7 Å². The number of aromatic carboxylic acids is 1. The van der Waals surface area contributed by atoms with Crippen LogP contribution < -0.4 is 4.74 Å². The molecule has 0 aliphatic heterocycles. The molecule has 0 saturated heterocycles. The number of rotatable bonds is 3. The molecular weight excluding hydrogens is 315 g/mol. The zero-order valence-corrected chi connectivity index (χ0v) is 11.6. The van der Waals surface area contributed by atoms with Crippen molar-refractivity contribution < 1.29 is 19.0 Å². The SMILES string of the molecule is Cc1ccc(Oc2c(F)cccc2C(=O)O)c(Br)c1. The van der Waals surface area contributed by atoms with Gasteiger partial charge >= 0.3 is 5.97 Å². The van der Waals surface area contributed by atoms with Crippen molar-refractivity contribution in [3.8, 4) is 11.5 Å². The van der Waals surface area contributed by atoms with Gasteiger partial charge in [-0.1, -0.05) is 12.1 Å². The monoisotopic (exact) mass is 324 g/mol. The lowest BCUT2D eigenvalue weighted by atomic mass is 10.2. The molecule has 0 radical (unpaired) electrons. The third-order valence-corrected chi connectivity index (χ3v) is 3.12. The van der Waals surface area contributed by atoms with E-state index < -0.39 is 11.8 Å². The first-order valence-corrected chi connectivity index (χ1v) is 6.24. The molecule has 98 valence electrons. The number of carbonyl (C=O) groups is 1. The Bertz CT molecular complexity index is 641. The van der Waals surface area contributed by atoms with Crippen molar-refractivity contribution in [3.05, 3.63) is 57.8 Å². The van der Waals surface area contributed by atoms with E-state index in [4.69, 9.17) is 9.84 Å². The largest absolute Gasteiger partial charge is 0.478 e. The summed E-state index contributed by atoms with van der Waals surface area (Å²) in [5.74, 6) is -1.89. The number of ether oxygens (including phenoxy) is 1.